The van der Waals surface area contributed by atoms with Gasteiger partial charge in [-0.3, -0.25) is 24.2 Å². The van der Waals surface area contributed by atoms with Crippen LogP contribution in [0.25, 0.3) is 16.7 Å². The van der Waals surface area contributed by atoms with E-state index >= 15 is 0 Å². The summed E-state index contributed by atoms with van der Waals surface area (Å²) in [6.45, 7) is 0.0175. The Morgan fingerprint density at radius 1 is 0.914 bits per heavy atom. The van der Waals surface area contributed by atoms with E-state index < -0.39 is 5.91 Å². The van der Waals surface area contributed by atoms with Gasteiger partial charge in [0.2, 0.25) is 0 Å². The van der Waals surface area contributed by atoms with Crippen molar-refractivity contribution in [2.24, 2.45) is 0 Å². The van der Waals surface area contributed by atoms with E-state index in [0.29, 0.717) is 16.9 Å². The Labute approximate surface area is 199 Å². The first-order chi connectivity index (χ1) is 17.0. The second kappa shape index (κ2) is 9.18. The van der Waals surface area contributed by atoms with Crippen LogP contribution in [0.2, 0.25) is 0 Å². The molecule has 0 aliphatic carbocycles. The van der Waals surface area contributed by atoms with E-state index in [1.54, 1.807) is 59.3 Å². The van der Waals surface area contributed by atoms with Crippen molar-refractivity contribution in [1.82, 2.24) is 19.3 Å². The maximum atomic E-state index is 13.3. The molecule has 8 heteroatoms. The number of pyridine rings is 2. The predicted molar refractivity (Wildman–Crippen MR) is 131 cm³/mol. The fourth-order valence-corrected chi connectivity index (χ4v) is 3.96. The zero-order chi connectivity index (χ0) is 24.4. The molecule has 0 fully saturated rings. The van der Waals surface area contributed by atoms with Crippen molar-refractivity contribution in [3.63, 3.8) is 0 Å². The summed E-state index contributed by atoms with van der Waals surface area (Å²) in [5.74, 6) is -0.864. The molecule has 0 unspecified atom stereocenters. The summed E-state index contributed by atoms with van der Waals surface area (Å²) in [5, 5.41) is 11.6. The second-order valence-corrected chi connectivity index (χ2v) is 8.03. The number of hydrogen-bond donors (Lipinski definition) is 2. The summed E-state index contributed by atoms with van der Waals surface area (Å²) in [7, 11) is 0. The van der Waals surface area contributed by atoms with Gasteiger partial charge < -0.3 is 9.88 Å². The molecule has 0 saturated heterocycles. The van der Waals surface area contributed by atoms with E-state index in [9.17, 15) is 14.4 Å². The molecule has 3 aromatic heterocycles. The summed E-state index contributed by atoms with van der Waals surface area (Å²) >= 11 is 0. The van der Waals surface area contributed by atoms with Gasteiger partial charge in [-0.15, -0.1) is 0 Å². The normalized spacial score (nSPS) is 11.0. The van der Waals surface area contributed by atoms with Crippen LogP contribution in [0.3, 0.4) is 0 Å². The van der Waals surface area contributed by atoms with E-state index in [0.717, 1.165) is 5.56 Å². The van der Waals surface area contributed by atoms with Gasteiger partial charge in [-0.2, -0.15) is 0 Å². The monoisotopic (exact) mass is 463 g/mol. The third-order valence-electron chi connectivity index (χ3n) is 5.75. The smallest absolute Gasteiger partial charge is 0.267 e. The minimum Gasteiger partial charge on any atom is -0.344 e. The van der Waals surface area contributed by atoms with Crippen LogP contribution in [0.5, 0.6) is 0 Å². The van der Waals surface area contributed by atoms with Gasteiger partial charge in [0.15, 0.2) is 5.78 Å². The summed E-state index contributed by atoms with van der Waals surface area (Å²) in [6, 6.07) is 24.7. The van der Waals surface area contributed by atoms with Crippen molar-refractivity contribution in [2.45, 2.75) is 6.54 Å². The third kappa shape index (κ3) is 4.24. The van der Waals surface area contributed by atoms with E-state index in [1.165, 1.54) is 10.5 Å². The number of ketones is 1. The number of carbonyl (C=O) groups is 2. The molecule has 5 rings (SSSR count). The number of Topliss-reactive ketones (excluding diaryl/α,β-unsaturated/α-hetero) is 1. The minimum atomic E-state index is -0.611. The number of hydrogen-bond acceptors (Lipinski definition) is 5. The van der Waals surface area contributed by atoms with Crippen LogP contribution in [-0.2, 0) is 6.54 Å². The predicted octanol–water partition coefficient (Wildman–Crippen LogP) is 2.79. The van der Waals surface area contributed by atoms with Crippen LogP contribution in [0.15, 0.2) is 95.9 Å². The van der Waals surface area contributed by atoms with Crippen LogP contribution in [0, 0.1) is 5.41 Å². The summed E-state index contributed by atoms with van der Waals surface area (Å²) in [6.07, 6.45) is 1.61. The second-order valence-electron chi connectivity index (χ2n) is 8.03. The first kappa shape index (κ1) is 22.0. The molecule has 2 N–H and O–H groups in total. The molecule has 8 nitrogen and oxygen atoms in total. The first-order valence-corrected chi connectivity index (χ1v) is 11.0. The number of aromatic nitrogens is 3. The van der Waals surface area contributed by atoms with Crippen molar-refractivity contribution in [2.75, 3.05) is 6.54 Å². The SMILES string of the molecule is N=c1c(C(=O)NCC(=O)c2ccccc2)cc2c(=O)n3ccccc3nc2n1Cc1ccccc1. The molecule has 0 radical (unpaired) electrons. The zero-order valence-corrected chi connectivity index (χ0v) is 18.6. The Bertz CT molecular complexity index is 1690. The van der Waals surface area contributed by atoms with Crippen molar-refractivity contribution >= 4 is 28.4 Å². The van der Waals surface area contributed by atoms with E-state index in [2.05, 4.69) is 10.3 Å². The highest BCUT2D eigenvalue weighted by atomic mass is 16.2. The molecule has 2 aromatic carbocycles. The molecule has 35 heavy (non-hydrogen) atoms. The Morgan fingerprint density at radius 2 is 1.60 bits per heavy atom. The standard InChI is InChI=1S/C27H21N5O3/c28-24-20(26(34)29-16-22(33)19-11-5-2-6-12-19)15-21-25(32(24)17-18-9-3-1-4-10-18)30-23-13-7-8-14-31(23)27(21)35/h1-15,28H,16-17H2,(H,29,34). The molecule has 0 bridgehead atoms. The van der Waals surface area contributed by atoms with Gasteiger partial charge >= 0.3 is 0 Å². The Hall–Kier alpha value is -4.85. The summed E-state index contributed by atoms with van der Waals surface area (Å²) in [5.41, 5.74) is 1.66. The van der Waals surface area contributed by atoms with Gasteiger partial charge in [0, 0.05) is 11.8 Å². The first-order valence-electron chi connectivity index (χ1n) is 11.0. The van der Waals surface area contributed by atoms with Gasteiger partial charge in [0.25, 0.3) is 11.5 Å². The minimum absolute atomic E-state index is 0.0101. The quantitative estimate of drug-likeness (QED) is 0.298. The number of amides is 1. The van der Waals surface area contributed by atoms with Gasteiger partial charge in [-0.25, -0.2) is 4.98 Å². The lowest BCUT2D eigenvalue weighted by atomic mass is 10.1. The van der Waals surface area contributed by atoms with E-state index in [-0.39, 0.29) is 40.9 Å². The van der Waals surface area contributed by atoms with Crippen LogP contribution < -0.4 is 16.4 Å². The van der Waals surface area contributed by atoms with Crippen molar-refractivity contribution < 1.29 is 9.59 Å². The molecule has 5 aromatic rings. The van der Waals surface area contributed by atoms with Crippen LogP contribution in [-0.4, -0.2) is 32.2 Å². The van der Waals surface area contributed by atoms with E-state index in [4.69, 9.17) is 5.41 Å². The van der Waals surface area contributed by atoms with Crippen LogP contribution in [0.4, 0.5) is 0 Å². The van der Waals surface area contributed by atoms with Crippen molar-refractivity contribution in [3.05, 3.63) is 124 Å². The lowest BCUT2D eigenvalue weighted by molar-refractivity contribution is 0.0902. The Balaban J connectivity index is 1.61. The highest BCUT2D eigenvalue weighted by molar-refractivity contribution is 6.02. The van der Waals surface area contributed by atoms with Gasteiger partial charge in [0.05, 0.1) is 24.0 Å². The van der Waals surface area contributed by atoms with Crippen molar-refractivity contribution in [3.8, 4) is 0 Å². The number of rotatable bonds is 6. The fourth-order valence-electron chi connectivity index (χ4n) is 3.96. The maximum Gasteiger partial charge on any atom is 0.267 e. The largest absolute Gasteiger partial charge is 0.344 e. The number of benzene rings is 2. The summed E-state index contributed by atoms with van der Waals surface area (Å²) < 4.78 is 2.95. The highest BCUT2D eigenvalue weighted by Crippen LogP contribution is 2.12. The molecule has 3 heterocycles. The lowest BCUT2D eigenvalue weighted by Crippen LogP contribution is -2.37. The topological polar surface area (TPSA) is 109 Å². The number of nitrogens with zero attached hydrogens (tertiary/aromatic N) is 3. The van der Waals surface area contributed by atoms with E-state index in [1.807, 2.05) is 30.3 Å². The lowest BCUT2D eigenvalue weighted by Gasteiger charge is -2.15. The molecule has 0 atom stereocenters. The molecule has 0 spiro atoms. The molecule has 0 saturated carbocycles. The Kier molecular flexibility index (Phi) is 5.76. The summed E-state index contributed by atoms with van der Waals surface area (Å²) in [4.78, 5) is 43.5. The number of fused-ring (bicyclic) bond motifs is 2. The number of nitrogens with one attached hydrogen (secondary N) is 2. The van der Waals surface area contributed by atoms with Crippen LogP contribution in [0.1, 0.15) is 26.3 Å². The molecule has 172 valence electrons. The molecule has 0 aliphatic rings. The maximum absolute atomic E-state index is 13.3. The zero-order valence-electron chi connectivity index (χ0n) is 18.6. The molecule has 0 aliphatic heterocycles. The highest BCUT2D eigenvalue weighted by Gasteiger charge is 2.18. The third-order valence-corrected chi connectivity index (χ3v) is 5.75. The molecular formula is C27H21N5O3. The molecular weight excluding hydrogens is 442 g/mol. The average molecular weight is 463 g/mol. The van der Waals surface area contributed by atoms with Gasteiger partial charge in [0.1, 0.15) is 16.8 Å². The van der Waals surface area contributed by atoms with Crippen molar-refractivity contribution in [1.29, 1.82) is 5.41 Å². The van der Waals surface area contributed by atoms with Gasteiger partial charge in [-0.05, 0) is 23.8 Å². The average Bonchev–Trinajstić information content (AvgIpc) is 2.90. The van der Waals surface area contributed by atoms with Gasteiger partial charge in [-0.1, -0.05) is 66.7 Å². The Morgan fingerprint density at radius 3 is 2.34 bits per heavy atom. The van der Waals surface area contributed by atoms with Crippen LogP contribution >= 0.6 is 0 Å². The molecule has 1 amide bonds. The fraction of sp³-hybridized carbons (Fsp3) is 0.0741. The number of carbonyl (C=O) groups excluding carboxylic acids is 2.